The first-order valence-electron chi connectivity index (χ1n) is 7.92. The van der Waals surface area contributed by atoms with Crippen LogP contribution in [-0.4, -0.2) is 30.2 Å². The molecule has 23 heavy (non-hydrogen) atoms. The van der Waals surface area contributed by atoms with Crippen LogP contribution in [-0.2, 0) is 14.3 Å². The van der Waals surface area contributed by atoms with E-state index in [0.29, 0.717) is 30.6 Å². The van der Waals surface area contributed by atoms with Crippen LogP contribution < -0.4 is 4.89 Å². The van der Waals surface area contributed by atoms with E-state index in [2.05, 4.69) is 0 Å². The highest BCUT2D eigenvalue weighted by atomic mass is 32.2. The number of esters is 1. The van der Waals surface area contributed by atoms with Gasteiger partial charge in [0.05, 0.1) is 21.0 Å². The SMILES string of the molecule is CCCC(C(=O)OCC)C(OCC)=[P+]([O-])CSc1ccccc1. The van der Waals surface area contributed by atoms with E-state index < -0.39 is 13.7 Å². The van der Waals surface area contributed by atoms with Crippen molar-refractivity contribution < 1.29 is 19.2 Å². The summed E-state index contributed by atoms with van der Waals surface area (Å²) in [5, 5.41) is 0. The zero-order chi connectivity index (χ0) is 17.1. The van der Waals surface area contributed by atoms with Crippen LogP contribution in [0.1, 0.15) is 33.6 Å². The van der Waals surface area contributed by atoms with Gasteiger partial charge in [0.2, 0.25) is 5.48 Å². The molecule has 0 amide bonds. The minimum atomic E-state index is -1.76. The first-order chi connectivity index (χ1) is 11.1. The lowest BCUT2D eigenvalue weighted by Crippen LogP contribution is -2.29. The minimum Gasteiger partial charge on any atom is -0.628 e. The highest BCUT2D eigenvalue weighted by Crippen LogP contribution is 2.31. The first-order valence-corrected chi connectivity index (χ1v) is 10.4. The maximum atomic E-state index is 12.7. The molecule has 1 aromatic carbocycles. The Bertz CT molecular complexity index is 505. The van der Waals surface area contributed by atoms with E-state index in [0.717, 1.165) is 11.3 Å². The summed E-state index contributed by atoms with van der Waals surface area (Å²) in [4.78, 5) is 25.9. The monoisotopic (exact) mass is 356 g/mol. The summed E-state index contributed by atoms with van der Waals surface area (Å²) >= 11 is 1.51. The third-order valence-corrected chi connectivity index (χ3v) is 6.07. The molecular formula is C17H25O4PS. The van der Waals surface area contributed by atoms with Gasteiger partial charge in [0.15, 0.2) is 5.49 Å². The fourth-order valence-electron chi connectivity index (χ4n) is 2.08. The van der Waals surface area contributed by atoms with Crippen LogP contribution in [0.5, 0.6) is 0 Å². The van der Waals surface area contributed by atoms with Gasteiger partial charge in [-0.1, -0.05) is 43.3 Å². The molecule has 2 atom stereocenters. The summed E-state index contributed by atoms with van der Waals surface area (Å²) < 4.78 is 10.7. The molecule has 0 aromatic heterocycles. The number of ether oxygens (including phenoxy) is 2. The number of thioether (sulfide) groups is 1. The molecule has 4 nitrogen and oxygen atoms in total. The quantitative estimate of drug-likeness (QED) is 0.364. The molecule has 1 aromatic rings. The van der Waals surface area contributed by atoms with Crippen LogP contribution in [0.25, 0.3) is 0 Å². The Labute approximate surface area is 144 Å². The number of rotatable bonds is 10. The Morgan fingerprint density at radius 2 is 1.83 bits per heavy atom. The van der Waals surface area contributed by atoms with Crippen molar-refractivity contribution in [2.75, 3.05) is 18.7 Å². The fourth-order valence-corrected chi connectivity index (χ4v) is 4.86. The van der Waals surface area contributed by atoms with Crippen molar-refractivity contribution in [3.05, 3.63) is 30.3 Å². The number of benzene rings is 1. The van der Waals surface area contributed by atoms with Gasteiger partial charge in [-0.2, -0.15) is 0 Å². The van der Waals surface area contributed by atoms with Gasteiger partial charge in [0.25, 0.3) is 0 Å². The third kappa shape index (κ3) is 7.05. The van der Waals surface area contributed by atoms with Gasteiger partial charge in [-0.15, -0.1) is 0 Å². The zero-order valence-corrected chi connectivity index (χ0v) is 15.7. The van der Waals surface area contributed by atoms with Crippen LogP contribution in [0, 0.1) is 5.92 Å². The van der Waals surface area contributed by atoms with E-state index in [9.17, 15) is 9.69 Å². The topological polar surface area (TPSA) is 58.6 Å². The van der Waals surface area contributed by atoms with Crippen molar-refractivity contribution in [3.63, 3.8) is 0 Å². The lowest BCUT2D eigenvalue weighted by atomic mass is 10.1. The predicted octanol–water partition coefficient (Wildman–Crippen LogP) is 3.64. The van der Waals surface area contributed by atoms with Gasteiger partial charge in [-0.3, -0.25) is 4.79 Å². The zero-order valence-electron chi connectivity index (χ0n) is 14.0. The highest BCUT2D eigenvalue weighted by Gasteiger charge is 2.31. The summed E-state index contributed by atoms with van der Waals surface area (Å²) in [6.45, 7) is 6.30. The van der Waals surface area contributed by atoms with Crippen molar-refractivity contribution >= 4 is 31.0 Å². The highest BCUT2D eigenvalue weighted by molar-refractivity contribution is 8.04. The lowest BCUT2D eigenvalue weighted by molar-refractivity contribution is -0.154. The Balaban J connectivity index is 2.91. The summed E-state index contributed by atoms with van der Waals surface area (Å²) in [6, 6.07) is 9.79. The molecule has 1 rings (SSSR count). The van der Waals surface area contributed by atoms with Crippen LogP contribution in [0.2, 0.25) is 0 Å². The molecule has 0 spiro atoms. The van der Waals surface area contributed by atoms with Gasteiger partial charge in [-0.25, -0.2) is 0 Å². The summed E-state index contributed by atoms with van der Waals surface area (Å²) in [5.74, 6) is -0.884. The van der Waals surface area contributed by atoms with E-state index in [1.807, 2.05) is 44.2 Å². The van der Waals surface area contributed by atoms with Crippen molar-refractivity contribution in [3.8, 4) is 0 Å². The van der Waals surface area contributed by atoms with Crippen molar-refractivity contribution in [1.29, 1.82) is 0 Å². The Hall–Kier alpha value is -0.870. The fraction of sp³-hybridized carbons (Fsp3) is 0.529. The molecule has 0 heterocycles. The van der Waals surface area contributed by atoms with E-state index in [-0.39, 0.29) is 5.97 Å². The molecule has 128 valence electrons. The number of hydrogen-bond acceptors (Lipinski definition) is 5. The first kappa shape index (κ1) is 20.2. The third-order valence-electron chi connectivity index (χ3n) is 3.08. The summed E-state index contributed by atoms with van der Waals surface area (Å²) in [5.41, 5.74) is 0.778. The molecule has 0 aliphatic carbocycles. The van der Waals surface area contributed by atoms with Crippen LogP contribution in [0.15, 0.2) is 35.2 Å². The minimum absolute atomic E-state index is 0.313. The molecule has 2 unspecified atom stereocenters. The largest absolute Gasteiger partial charge is 0.628 e. The number of hydrogen-bond donors (Lipinski definition) is 0. The molecule has 0 aliphatic rings. The average Bonchev–Trinajstić information content (AvgIpc) is 2.57. The second-order valence-corrected chi connectivity index (χ2v) is 7.82. The van der Waals surface area contributed by atoms with Crippen molar-refractivity contribution in [2.45, 2.75) is 38.5 Å². The molecular weight excluding hydrogens is 331 g/mol. The lowest BCUT2D eigenvalue weighted by Gasteiger charge is -2.16. The normalized spacial score (nSPS) is 13.4. The second-order valence-electron chi connectivity index (χ2n) is 4.83. The summed E-state index contributed by atoms with van der Waals surface area (Å²) in [6.07, 6.45) is 1.39. The van der Waals surface area contributed by atoms with Crippen molar-refractivity contribution in [1.82, 2.24) is 0 Å². The average molecular weight is 356 g/mol. The molecule has 0 saturated carbocycles. The van der Waals surface area contributed by atoms with Crippen molar-refractivity contribution in [2.24, 2.45) is 5.92 Å². The van der Waals surface area contributed by atoms with Gasteiger partial charge in [0.1, 0.15) is 5.92 Å². The Morgan fingerprint density at radius 3 is 2.39 bits per heavy atom. The van der Waals surface area contributed by atoms with Crippen LogP contribution in [0.4, 0.5) is 0 Å². The number of carbonyl (C=O) groups excluding carboxylic acids is 1. The van der Waals surface area contributed by atoms with Crippen LogP contribution >= 0.6 is 19.5 Å². The van der Waals surface area contributed by atoms with Crippen LogP contribution in [0.3, 0.4) is 0 Å². The standard InChI is InChI=1S/C17H25O4PS/c1-4-10-15(16(18)20-5-2)17(21-6-3)22(19)13-23-14-11-8-7-9-12-14/h7-9,11-12,15H,4-6,10,13H2,1-3H3. The number of carbonyl (C=O) groups is 1. The predicted molar refractivity (Wildman–Crippen MR) is 95.8 cm³/mol. The molecule has 0 bridgehead atoms. The van der Waals surface area contributed by atoms with Gasteiger partial charge in [0, 0.05) is 4.90 Å². The molecule has 0 aliphatic heterocycles. The van der Waals surface area contributed by atoms with E-state index >= 15 is 0 Å². The van der Waals surface area contributed by atoms with E-state index in [1.165, 1.54) is 11.8 Å². The maximum absolute atomic E-state index is 12.7. The Morgan fingerprint density at radius 1 is 1.17 bits per heavy atom. The summed E-state index contributed by atoms with van der Waals surface area (Å²) in [7, 11) is -1.76. The molecule has 0 N–H and O–H groups in total. The van der Waals surface area contributed by atoms with Gasteiger partial charge < -0.3 is 14.4 Å². The second kappa shape index (κ2) is 11.6. The molecule has 6 heteroatoms. The molecule has 0 fully saturated rings. The van der Waals surface area contributed by atoms with Gasteiger partial charge >= 0.3 is 5.97 Å². The Kier molecular flexibility index (Phi) is 10.2. The van der Waals surface area contributed by atoms with Gasteiger partial charge in [-0.05, 0) is 32.4 Å². The maximum Gasteiger partial charge on any atom is 0.319 e. The molecule has 0 saturated heterocycles. The molecule has 0 radical (unpaired) electrons. The van der Waals surface area contributed by atoms with E-state index in [1.54, 1.807) is 6.92 Å². The van der Waals surface area contributed by atoms with E-state index in [4.69, 9.17) is 9.47 Å². The smallest absolute Gasteiger partial charge is 0.319 e.